The maximum atomic E-state index is 12.1. The number of nitrogens with zero attached hydrogens (tertiary/aromatic N) is 2. The number of morpholine rings is 1. The molecule has 1 saturated heterocycles. The van der Waals surface area contributed by atoms with Crippen LogP contribution in [0.2, 0.25) is 0 Å². The normalized spacial score (nSPS) is 21.5. The number of halogens is 1. The number of hydrogen-bond acceptors (Lipinski definition) is 4. The largest absolute Gasteiger partial charge is 0.374 e. The fourth-order valence-corrected chi connectivity index (χ4v) is 3.95. The number of rotatable bonds is 9. The SMILES string of the molecule is CCNC(=NCC1CN(CC(C)C)CCO1)NCCC(=O)NC1CCCCC1.I. The van der Waals surface area contributed by atoms with Crippen molar-refractivity contribution in [3.8, 4) is 0 Å². The minimum absolute atomic E-state index is 0. The van der Waals surface area contributed by atoms with Crippen molar-refractivity contribution in [2.75, 3.05) is 45.9 Å². The van der Waals surface area contributed by atoms with E-state index in [1.54, 1.807) is 0 Å². The van der Waals surface area contributed by atoms with Crippen LogP contribution in [-0.4, -0.2) is 74.8 Å². The summed E-state index contributed by atoms with van der Waals surface area (Å²) in [6.45, 7) is 12.4. The van der Waals surface area contributed by atoms with E-state index in [1.165, 1.54) is 19.3 Å². The predicted octanol–water partition coefficient (Wildman–Crippen LogP) is 2.36. The molecule has 1 heterocycles. The van der Waals surface area contributed by atoms with Gasteiger partial charge in [0.05, 0.1) is 19.3 Å². The number of nitrogens with one attached hydrogen (secondary N) is 3. The number of amides is 1. The molecule has 7 nitrogen and oxygen atoms in total. The summed E-state index contributed by atoms with van der Waals surface area (Å²) in [5.41, 5.74) is 0. The van der Waals surface area contributed by atoms with Crippen molar-refractivity contribution in [3.63, 3.8) is 0 Å². The Hall–Kier alpha value is -0.610. The van der Waals surface area contributed by atoms with E-state index >= 15 is 0 Å². The number of ether oxygens (including phenoxy) is 1. The van der Waals surface area contributed by atoms with Gasteiger partial charge in [0.1, 0.15) is 0 Å². The van der Waals surface area contributed by atoms with E-state index in [4.69, 9.17) is 4.74 Å². The van der Waals surface area contributed by atoms with E-state index in [1.807, 2.05) is 0 Å². The highest BCUT2D eigenvalue weighted by molar-refractivity contribution is 14.0. The summed E-state index contributed by atoms with van der Waals surface area (Å²) in [6, 6.07) is 0.375. The van der Waals surface area contributed by atoms with Gasteiger partial charge >= 0.3 is 0 Å². The molecule has 1 atom stereocenters. The minimum Gasteiger partial charge on any atom is -0.374 e. The number of hydrogen-bond donors (Lipinski definition) is 3. The molecule has 29 heavy (non-hydrogen) atoms. The molecule has 0 radical (unpaired) electrons. The Labute approximate surface area is 194 Å². The summed E-state index contributed by atoms with van der Waals surface area (Å²) >= 11 is 0. The first-order valence-corrected chi connectivity index (χ1v) is 11.2. The van der Waals surface area contributed by atoms with Crippen LogP contribution in [0.25, 0.3) is 0 Å². The summed E-state index contributed by atoms with van der Waals surface area (Å²) in [6.07, 6.45) is 6.63. The van der Waals surface area contributed by atoms with Crippen LogP contribution in [0, 0.1) is 5.92 Å². The Morgan fingerprint density at radius 2 is 1.97 bits per heavy atom. The van der Waals surface area contributed by atoms with E-state index in [0.717, 1.165) is 51.6 Å². The quantitative estimate of drug-likeness (QED) is 0.246. The number of guanidine groups is 1. The fourth-order valence-electron chi connectivity index (χ4n) is 3.95. The van der Waals surface area contributed by atoms with Crippen molar-refractivity contribution in [2.24, 2.45) is 10.9 Å². The highest BCUT2D eigenvalue weighted by atomic mass is 127. The molecule has 1 saturated carbocycles. The average Bonchev–Trinajstić information content (AvgIpc) is 2.66. The molecule has 0 spiro atoms. The molecule has 1 aliphatic heterocycles. The van der Waals surface area contributed by atoms with Gasteiger partial charge in [-0.05, 0) is 25.7 Å². The number of carbonyl (C=O) groups is 1. The number of carbonyl (C=O) groups excluding carboxylic acids is 1. The van der Waals surface area contributed by atoms with Gasteiger partial charge < -0.3 is 20.7 Å². The fraction of sp³-hybridized carbons (Fsp3) is 0.905. The first-order chi connectivity index (χ1) is 13.6. The topological polar surface area (TPSA) is 78.0 Å². The molecule has 1 aliphatic carbocycles. The zero-order valence-corrected chi connectivity index (χ0v) is 20.9. The lowest BCUT2D eigenvalue weighted by atomic mass is 9.95. The Kier molecular flexibility index (Phi) is 13.9. The summed E-state index contributed by atoms with van der Waals surface area (Å²) in [5, 5.41) is 9.70. The van der Waals surface area contributed by atoms with Crippen molar-refractivity contribution < 1.29 is 9.53 Å². The summed E-state index contributed by atoms with van der Waals surface area (Å²) in [5.74, 6) is 1.56. The molecule has 0 aromatic heterocycles. The van der Waals surface area contributed by atoms with Crippen LogP contribution in [0.5, 0.6) is 0 Å². The third kappa shape index (κ3) is 11.4. The van der Waals surface area contributed by atoms with Gasteiger partial charge in [-0.1, -0.05) is 33.1 Å². The van der Waals surface area contributed by atoms with Crippen LogP contribution < -0.4 is 16.0 Å². The molecule has 170 valence electrons. The highest BCUT2D eigenvalue weighted by Gasteiger charge is 2.21. The Morgan fingerprint density at radius 3 is 2.66 bits per heavy atom. The molecule has 2 rings (SSSR count). The third-order valence-electron chi connectivity index (χ3n) is 5.26. The van der Waals surface area contributed by atoms with Crippen molar-refractivity contribution in [2.45, 2.75) is 71.4 Å². The molecule has 0 aromatic carbocycles. The Balaban J connectivity index is 0.00000420. The molecule has 0 aromatic rings. The van der Waals surface area contributed by atoms with Crippen LogP contribution >= 0.6 is 24.0 Å². The van der Waals surface area contributed by atoms with Crippen molar-refractivity contribution >= 4 is 35.8 Å². The molecular formula is C21H42IN5O2. The molecule has 2 aliphatic rings. The van der Waals surface area contributed by atoms with Gasteiger partial charge in [0, 0.05) is 45.2 Å². The first kappa shape index (κ1) is 26.4. The average molecular weight is 524 g/mol. The molecular weight excluding hydrogens is 481 g/mol. The molecule has 0 bridgehead atoms. The lowest BCUT2D eigenvalue weighted by molar-refractivity contribution is -0.121. The van der Waals surface area contributed by atoms with Gasteiger partial charge in [0.2, 0.25) is 5.91 Å². The smallest absolute Gasteiger partial charge is 0.221 e. The van der Waals surface area contributed by atoms with E-state index in [9.17, 15) is 4.79 Å². The lowest BCUT2D eigenvalue weighted by Gasteiger charge is -2.33. The highest BCUT2D eigenvalue weighted by Crippen LogP contribution is 2.17. The molecule has 2 fully saturated rings. The second-order valence-corrected chi connectivity index (χ2v) is 8.45. The van der Waals surface area contributed by atoms with E-state index in [0.29, 0.717) is 31.5 Å². The van der Waals surface area contributed by atoms with Gasteiger partial charge in [-0.15, -0.1) is 24.0 Å². The predicted molar refractivity (Wildman–Crippen MR) is 130 cm³/mol. The summed E-state index contributed by atoms with van der Waals surface area (Å²) < 4.78 is 5.88. The Bertz CT molecular complexity index is 484. The van der Waals surface area contributed by atoms with Crippen LogP contribution in [0.4, 0.5) is 0 Å². The Morgan fingerprint density at radius 1 is 1.21 bits per heavy atom. The van der Waals surface area contributed by atoms with Gasteiger partial charge in [-0.25, -0.2) is 0 Å². The monoisotopic (exact) mass is 523 g/mol. The molecule has 1 unspecified atom stereocenters. The molecule has 8 heteroatoms. The maximum absolute atomic E-state index is 12.1. The van der Waals surface area contributed by atoms with Crippen molar-refractivity contribution in [1.29, 1.82) is 0 Å². The standard InChI is InChI=1S/C21H41N5O2.HI/c1-4-22-21(23-11-10-20(27)25-18-8-6-5-7-9-18)24-14-19-16-26(12-13-28-19)15-17(2)3;/h17-19H,4-16H2,1-3H3,(H,25,27)(H2,22,23,24);1H. The number of aliphatic imine (C=N–C) groups is 1. The van der Waals surface area contributed by atoms with Crippen molar-refractivity contribution in [1.82, 2.24) is 20.9 Å². The third-order valence-corrected chi connectivity index (χ3v) is 5.26. The van der Waals surface area contributed by atoms with Gasteiger partial charge in [0.15, 0.2) is 5.96 Å². The van der Waals surface area contributed by atoms with Crippen LogP contribution in [0.3, 0.4) is 0 Å². The maximum Gasteiger partial charge on any atom is 0.221 e. The molecule has 1 amide bonds. The summed E-state index contributed by atoms with van der Waals surface area (Å²) in [7, 11) is 0. The van der Waals surface area contributed by atoms with Gasteiger partial charge in [0.25, 0.3) is 0 Å². The first-order valence-electron chi connectivity index (χ1n) is 11.2. The van der Waals surface area contributed by atoms with E-state index < -0.39 is 0 Å². The zero-order valence-electron chi connectivity index (χ0n) is 18.5. The lowest BCUT2D eigenvalue weighted by Crippen LogP contribution is -2.46. The second-order valence-electron chi connectivity index (χ2n) is 8.45. The molecule has 3 N–H and O–H groups in total. The zero-order chi connectivity index (χ0) is 20.2. The minimum atomic E-state index is 0. The summed E-state index contributed by atoms with van der Waals surface area (Å²) in [4.78, 5) is 19.3. The van der Waals surface area contributed by atoms with Crippen molar-refractivity contribution in [3.05, 3.63) is 0 Å². The van der Waals surface area contributed by atoms with Crippen LogP contribution in [-0.2, 0) is 9.53 Å². The van der Waals surface area contributed by atoms with E-state index in [2.05, 4.69) is 46.6 Å². The second kappa shape index (κ2) is 15.2. The van der Waals surface area contributed by atoms with Gasteiger partial charge in [-0.2, -0.15) is 0 Å². The van der Waals surface area contributed by atoms with Crippen LogP contribution in [0.1, 0.15) is 59.3 Å². The van der Waals surface area contributed by atoms with Crippen LogP contribution in [0.15, 0.2) is 4.99 Å². The van der Waals surface area contributed by atoms with E-state index in [-0.39, 0.29) is 36.0 Å². The van der Waals surface area contributed by atoms with Gasteiger partial charge in [-0.3, -0.25) is 14.7 Å².